The zero-order chi connectivity index (χ0) is 15.0. The molecule has 2 aromatic rings. The number of rotatable bonds is 2. The van der Waals surface area contributed by atoms with E-state index >= 15 is 0 Å². The third-order valence-corrected chi connectivity index (χ3v) is 4.34. The van der Waals surface area contributed by atoms with Crippen molar-refractivity contribution in [2.45, 2.75) is 19.3 Å². The third-order valence-electron chi connectivity index (χ3n) is 3.32. The first kappa shape index (κ1) is 14.5. The minimum absolute atomic E-state index is 0.249. The van der Waals surface area contributed by atoms with Gasteiger partial charge < -0.3 is 4.74 Å². The van der Waals surface area contributed by atoms with Gasteiger partial charge in [0.1, 0.15) is 17.4 Å². The van der Waals surface area contributed by atoms with E-state index in [2.05, 4.69) is 11.1 Å². The van der Waals surface area contributed by atoms with Crippen LogP contribution in [-0.2, 0) is 12.8 Å². The molecule has 3 nitrogen and oxygen atoms in total. The largest absolute Gasteiger partial charge is 0.436 e. The van der Waals surface area contributed by atoms with Crippen LogP contribution in [0.3, 0.4) is 0 Å². The predicted molar refractivity (Wildman–Crippen MR) is 82.5 cm³/mol. The van der Waals surface area contributed by atoms with Gasteiger partial charge in [-0.2, -0.15) is 5.26 Å². The lowest BCUT2D eigenvalue weighted by molar-refractivity contribution is 0.459. The normalized spacial score (nSPS) is 12.9. The lowest BCUT2D eigenvalue weighted by atomic mass is 10.1. The average molecular weight is 340 g/mol. The SMILES string of the molecule is N#Cc1cc2c(nc1Oc1cc(Cl)c(Cl)cc1Cl)CCC2. The molecule has 0 aliphatic heterocycles. The number of hydrogen-bond donors (Lipinski definition) is 0. The lowest BCUT2D eigenvalue weighted by Crippen LogP contribution is -1.97. The molecule has 106 valence electrons. The summed E-state index contributed by atoms with van der Waals surface area (Å²) < 4.78 is 5.68. The number of ether oxygens (including phenoxy) is 1. The maximum absolute atomic E-state index is 9.25. The molecule has 1 aliphatic rings. The van der Waals surface area contributed by atoms with Crippen LogP contribution in [0.25, 0.3) is 0 Å². The zero-order valence-corrected chi connectivity index (χ0v) is 13.1. The van der Waals surface area contributed by atoms with Gasteiger partial charge in [-0.25, -0.2) is 4.98 Å². The molecule has 3 rings (SSSR count). The molecule has 21 heavy (non-hydrogen) atoms. The first-order valence-corrected chi connectivity index (χ1v) is 7.47. The molecule has 1 aromatic carbocycles. The Hall–Kier alpha value is -1.47. The highest BCUT2D eigenvalue weighted by Gasteiger charge is 2.18. The van der Waals surface area contributed by atoms with Crippen molar-refractivity contribution >= 4 is 34.8 Å². The van der Waals surface area contributed by atoms with Gasteiger partial charge in [0.25, 0.3) is 0 Å². The summed E-state index contributed by atoms with van der Waals surface area (Å²) in [6.45, 7) is 0. The Kier molecular flexibility index (Phi) is 3.95. The summed E-state index contributed by atoms with van der Waals surface area (Å²) in [5, 5.41) is 10.2. The number of pyridine rings is 1. The van der Waals surface area contributed by atoms with Crippen LogP contribution in [0, 0.1) is 11.3 Å². The second kappa shape index (κ2) is 5.73. The van der Waals surface area contributed by atoms with E-state index in [4.69, 9.17) is 39.5 Å². The van der Waals surface area contributed by atoms with Crippen LogP contribution in [0.4, 0.5) is 0 Å². The van der Waals surface area contributed by atoms with E-state index in [0.717, 1.165) is 30.5 Å². The Morgan fingerprint density at radius 3 is 2.57 bits per heavy atom. The van der Waals surface area contributed by atoms with E-state index in [1.54, 1.807) is 0 Å². The Morgan fingerprint density at radius 1 is 1.05 bits per heavy atom. The molecule has 0 bridgehead atoms. The smallest absolute Gasteiger partial charge is 0.237 e. The Labute approximate surface area is 137 Å². The van der Waals surface area contributed by atoms with E-state index in [0.29, 0.717) is 26.4 Å². The van der Waals surface area contributed by atoms with Crippen LogP contribution >= 0.6 is 34.8 Å². The number of halogens is 3. The third kappa shape index (κ3) is 2.80. The van der Waals surface area contributed by atoms with Crippen LogP contribution < -0.4 is 4.74 Å². The van der Waals surface area contributed by atoms with Gasteiger partial charge in [-0.3, -0.25) is 0 Å². The Balaban J connectivity index is 2.02. The highest BCUT2D eigenvalue weighted by atomic mass is 35.5. The molecule has 1 heterocycles. The molecule has 6 heteroatoms. The minimum Gasteiger partial charge on any atom is -0.436 e. The summed E-state index contributed by atoms with van der Waals surface area (Å²) in [4.78, 5) is 4.43. The summed E-state index contributed by atoms with van der Waals surface area (Å²) in [5.74, 6) is 0.575. The molecular formula is C15H9Cl3N2O. The van der Waals surface area contributed by atoms with Crippen molar-refractivity contribution in [3.8, 4) is 17.7 Å². The van der Waals surface area contributed by atoms with Crippen molar-refractivity contribution in [2.24, 2.45) is 0 Å². The van der Waals surface area contributed by atoms with Gasteiger partial charge in [-0.05, 0) is 37.0 Å². The van der Waals surface area contributed by atoms with Gasteiger partial charge in [0.2, 0.25) is 5.88 Å². The Bertz CT molecular complexity index is 768. The molecule has 1 aromatic heterocycles. The number of aromatic nitrogens is 1. The first-order chi connectivity index (χ1) is 10.1. The fraction of sp³-hybridized carbons (Fsp3) is 0.200. The quantitative estimate of drug-likeness (QED) is 0.707. The predicted octanol–water partition coefficient (Wildman–Crippen LogP) is 5.19. The second-order valence-electron chi connectivity index (χ2n) is 4.71. The molecule has 0 radical (unpaired) electrons. The number of aryl methyl sites for hydroxylation is 2. The van der Waals surface area contributed by atoms with Gasteiger partial charge in [0.15, 0.2) is 0 Å². The van der Waals surface area contributed by atoms with Crippen LogP contribution in [0.5, 0.6) is 11.6 Å². The van der Waals surface area contributed by atoms with Gasteiger partial charge in [-0.1, -0.05) is 34.8 Å². The first-order valence-electron chi connectivity index (χ1n) is 6.34. The fourth-order valence-electron chi connectivity index (χ4n) is 2.30. The highest BCUT2D eigenvalue weighted by Crippen LogP contribution is 2.37. The number of nitriles is 1. The lowest BCUT2D eigenvalue weighted by Gasteiger charge is -2.11. The number of fused-ring (bicyclic) bond motifs is 1. The van der Waals surface area contributed by atoms with Crippen molar-refractivity contribution in [3.05, 3.63) is 50.1 Å². The molecule has 0 saturated heterocycles. The van der Waals surface area contributed by atoms with E-state index in [9.17, 15) is 5.26 Å². The number of benzene rings is 1. The number of hydrogen-bond acceptors (Lipinski definition) is 3. The maximum atomic E-state index is 9.25. The molecule has 0 N–H and O–H groups in total. The summed E-state index contributed by atoms with van der Waals surface area (Å²) in [6, 6.07) is 6.95. The van der Waals surface area contributed by atoms with Crippen molar-refractivity contribution < 1.29 is 4.74 Å². The fourth-order valence-corrected chi connectivity index (χ4v) is 2.87. The van der Waals surface area contributed by atoms with Crippen LogP contribution in [0.1, 0.15) is 23.2 Å². The zero-order valence-electron chi connectivity index (χ0n) is 10.8. The monoisotopic (exact) mass is 338 g/mol. The summed E-state index contributed by atoms with van der Waals surface area (Å²) in [6.07, 6.45) is 2.89. The molecule has 0 spiro atoms. The molecule has 1 aliphatic carbocycles. The van der Waals surface area contributed by atoms with Crippen molar-refractivity contribution in [2.75, 3.05) is 0 Å². The summed E-state index contributed by atoms with van der Waals surface area (Å²) in [7, 11) is 0. The Morgan fingerprint density at radius 2 is 1.81 bits per heavy atom. The number of nitrogens with zero attached hydrogens (tertiary/aromatic N) is 2. The van der Waals surface area contributed by atoms with Crippen LogP contribution in [0.15, 0.2) is 18.2 Å². The summed E-state index contributed by atoms with van der Waals surface area (Å²) in [5.41, 5.74) is 2.47. The van der Waals surface area contributed by atoms with Crippen molar-refractivity contribution in [1.29, 1.82) is 5.26 Å². The molecule has 0 fully saturated rings. The minimum atomic E-state index is 0.249. The van der Waals surface area contributed by atoms with E-state index in [-0.39, 0.29) is 5.88 Å². The molecule has 0 saturated carbocycles. The van der Waals surface area contributed by atoms with Gasteiger partial charge >= 0.3 is 0 Å². The van der Waals surface area contributed by atoms with Gasteiger partial charge in [0.05, 0.1) is 15.1 Å². The van der Waals surface area contributed by atoms with E-state index in [1.165, 1.54) is 12.1 Å². The average Bonchev–Trinajstić information content (AvgIpc) is 2.91. The molecule has 0 unspecified atom stereocenters. The molecule has 0 atom stereocenters. The topological polar surface area (TPSA) is 45.9 Å². The van der Waals surface area contributed by atoms with E-state index < -0.39 is 0 Å². The van der Waals surface area contributed by atoms with Gasteiger partial charge in [0, 0.05) is 11.8 Å². The van der Waals surface area contributed by atoms with Crippen LogP contribution in [0.2, 0.25) is 15.1 Å². The van der Waals surface area contributed by atoms with E-state index in [1.807, 2.05) is 6.07 Å². The van der Waals surface area contributed by atoms with Crippen LogP contribution in [-0.4, -0.2) is 4.98 Å². The maximum Gasteiger partial charge on any atom is 0.237 e. The standard InChI is InChI=1S/C15H9Cl3N2O/c16-10-5-12(18)14(6-11(10)17)21-15-9(7-19)4-8-2-1-3-13(8)20-15/h4-6H,1-3H2. The van der Waals surface area contributed by atoms with Crippen molar-refractivity contribution in [1.82, 2.24) is 4.98 Å². The van der Waals surface area contributed by atoms with Crippen molar-refractivity contribution in [3.63, 3.8) is 0 Å². The summed E-state index contributed by atoms with van der Waals surface area (Å²) >= 11 is 17.9. The second-order valence-corrected chi connectivity index (χ2v) is 5.93. The molecule has 0 amide bonds. The van der Waals surface area contributed by atoms with Gasteiger partial charge in [-0.15, -0.1) is 0 Å². The molecular weight excluding hydrogens is 331 g/mol. The highest BCUT2D eigenvalue weighted by molar-refractivity contribution is 6.43.